The number of fused-ring (bicyclic) bond motifs is 1. The molecule has 0 aliphatic carbocycles. The standard InChI is InChI=1S/C20H17ClN2O5S/c1-27-14-8-4-3-7-13(14)23-16(24)11-28-17(25)10-22-20(26)19-18(21)12-6-2-5-9-15(12)29-19/h2-9H,10-11H2,1H3,(H,22,26)(H,23,24). The van der Waals surface area contributed by atoms with Crippen molar-refractivity contribution in [1.82, 2.24) is 5.32 Å². The van der Waals surface area contributed by atoms with Crippen molar-refractivity contribution in [2.24, 2.45) is 0 Å². The van der Waals surface area contributed by atoms with Gasteiger partial charge >= 0.3 is 5.97 Å². The van der Waals surface area contributed by atoms with Crippen LogP contribution < -0.4 is 15.4 Å². The minimum Gasteiger partial charge on any atom is -0.495 e. The molecule has 0 fully saturated rings. The van der Waals surface area contributed by atoms with Gasteiger partial charge in [-0.05, 0) is 18.2 Å². The molecule has 2 aromatic carbocycles. The van der Waals surface area contributed by atoms with Crippen LogP contribution in [-0.2, 0) is 14.3 Å². The SMILES string of the molecule is COc1ccccc1NC(=O)COC(=O)CNC(=O)c1sc2ccccc2c1Cl. The molecule has 0 aliphatic rings. The topological polar surface area (TPSA) is 93.7 Å². The summed E-state index contributed by atoms with van der Waals surface area (Å²) in [4.78, 5) is 36.4. The largest absolute Gasteiger partial charge is 0.495 e. The first-order valence-corrected chi connectivity index (χ1v) is 9.72. The van der Waals surface area contributed by atoms with E-state index in [4.69, 9.17) is 21.1 Å². The summed E-state index contributed by atoms with van der Waals surface area (Å²) < 4.78 is 10.9. The second kappa shape index (κ2) is 9.40. The highest BCUT2D eigenvalue weighted by atomic mass is 35.5. The van der Waals surface area contributed by atoms with E-state index in [0.29, 0.717) is 21.3 Å². The molecule has 1 heterocycles. The number of carbonyl (C=O) groups excluding carboxylic acids is 3. The zero-order valence-corrected chi connectivity index (χ0v) is 16.9. The molecule has 7 nitrogen and oxygen atoms in total. The lowest BCUT2D eigenvalue weighted by atomic mass is 10.2. The lowest BCUT2D eigenvalue weighted by Crippen LogP contribution is -2.32. The maximum Gasteiger partial charge on any atom is 0.325 e. The Morgan fingerprint density at radius 2 is 1.79 bits per heavy atom. The molecule has 0 bridgehead atoms. The summed E-state index contributed by atoms with van der Waals surface area (Å²) in [6.07, 6.45) is 0. The Balaban J connectivity index is 1.48. The Labute approximate surface area is 175 Å². The van der Waals surface area contributed by atoms with Gasteiger partial charge in [0.05, 0.1) is 17.8 Å². The summed E-state index contributed by atoms with van der Waals surface area (Å²) in [6.45, 7) is -0.873. The van der Waals surface area contributed by atoms with E-state index in [0.717, 1.165) is 10.1 Å². The highest BCUT2D eigenvalue weighted by Crippen LogP contribution is 2.34. The first kappa shape index (κ1) is 20.6. The van der Waals surface area contributed by atoms with Crippen LogP contribution in [0.1, 0.15) is 9.67 Å². The van der Waals surface area contributed by atoms with Gasteiger partial charge in [0.2, 0.25) is 0 Å². The number of carbonyl (C=O) groups is 3. The Hall–Kier alpha value is -3.10. The van der Waals surface area contributed by atoms with Crippen LogP contribution >= 0.6 is 22.9 Å². The number of amides is 2. The number of nitrogens with one attached hydrogen (secondary N) is 2. The van der Waals surface area contributed by atoms with Crippen LogP contribution in [0.15, 0.2) is 48.5 Å². The van der Waals surface area contributed by atoms with E-state index < -0.39 is 24.4 Å². The van der Waals surface area contributed by atoms with Gasteiger partial charge in [-0.25, -0.2) is 0 Å². The molecule has 1 aromatic heterocycles. The van der Waals surface area contributed by atoms with Gasteiger partial charge in [0.25, 0.3) is 11.8 Å². The fourth-order valence-electron chi connectivity index (χ4n) is 2.52. The van der Waals surface area contributed by atoms with Crippen LogP contribution in [0.4, 0.5) is 5.69 Å². The third-order valence-electron chi connectivity index (χ3n) is 3.88. The second-order valence-electron chi connectivity index (χ2n) is 5.83. The lowest BCUT2D eigenvalue weighted by Gasteiger charge is -2.10. The second-order valence-corrected chi connectivity index (χ2v) is 7.26. The number of ether oxygens (including phenoxy) is 2. The van der Waals surface area contributed by atoms with Crippen molar-refractivity contribution in [3.8, 4) is 5.75 Å². The number of hydrogen-bond donors (Lipinski definition) is 2. The molecular formula is C20H17ClN2O5S. The Morgan fingerprint density at radius 1 is 1.07 bits per heavy atom. The normalized spacial score (nSPS) is 10.4. The van der Waals surface area contributed by atoms with E-state index in [-0.39, 0.29) is 6.54 Å². The van der Waals surface area contributed by atoms with Crippen LogP contribution in [0.3, 0.4) is 0 Å². The number of benzene rings is 2. The van der Waals surface area contributed by atoms with E-state index in [1.54, 1.807) is 24.3 Å². The van der Waals surface area contributed by atoms with Crippen molar-refractivity contribution in [1.29, 1.82) is 0 Å². The number of rotatable bonds is 7. The van der Waals surface area contributed by atoms with E-state index in [1.807, 2.05) is 24.3 Å². The van der Waals surface area contributed by atoms with Gasteiger partial charge in [-0.2, -0.15) is 0 Å². The van der Waals surface area contributed by atoms with Crippen molar-refractivity contribution >= 4 is 56.5 Å². The van der Waals surface area contributed by atoms with Crippen molar-refractivity contribution in [3.63, 3.8) is 0 Å². The highest BCUT2D eigenvalue weighted by molar-refractivity contribution is 7.21. The van der Waals surface area contributed by atoms with Crippen LogP contribution in [0.25, 0.3) is 10.1 Å². The molecule has 0 saturated carbocycles. The quantitative estimate of drug-likeness (QED) is 0.557. The summed E-state index contributed by atoms with van der Waals surface area (Å²) in [5.41, 5.74) is 0.462. The smallest absolute Gasteiger partial charge is 0.325 e. The number of thiophene rings is 1. The fourth-order valence-corrected chi connectivity index (χ4v) is 3.96. The van der Waals surface area contributed by atoms with Crippen LogP contribution in [-0.4, -0.2) is 38.0 Å². The summed E-state index contributed by atoms with van der Waals surface area (Å²) in [7, 11) is 1.48. The van der Waals surface area contributed by atoms with Gasteiger partial charge in [0, 0.05) is 10.1 Å². The van der Waals surface area contributed by atoms with Gasteiger partial charge < -0.3 is 20.1 Å². The van der Waals surface area contributed by atoms with E-state index >= 15 is 0 Å². The van der Waals surface area contributed by atoms with E-state index in [9.17, 15) is 14.4 Å². The number of methoxy groups -OCH3 is 1. The Kier molecular flexibility index (Phi) is 6.69. The number of hydrogen-bond acceptors (Lipinski definition) is 6. The number of para-hydroxylation sites is 2. The maximum atomic E-state index is 12.3. The molecule has 150 valence electrons. The average Bonchev–Trinajstić information content (AvgIpc) is 3.08. The summed E-state index contributed by atoms with van der Waals surface area (Å²) >= 11 is 7.48. The fraction of sp³-hybridized carbons (Fsp3) is 0.150. The van der Waals surface area contributed by atoms with Crippen LogP contribution in [0.2, 0.25) is 5.02 Å². The van der Waals surface area contributed by atoms with Gasteiger partial charge in [0.1, 0.15) is 17.2 Å². The van der Waals surface area contributed by atoms with E-state index in [2.05, 4.69) is 10.6 Å². The van der Waals surface area contributed by atoms with Gasteiger partial charge in [0.15, 0.2) is 6.61 Å². The van der Waals surface area contributed by atoms with Gasteiger partial charge in [-0.3, -0.25) is 14.4 Å². The molecule has 3 aromatic rings. The molecular weight excluding hydrogens is 416 g/mol. The maximum absolute atomic E-state index is 12.3. The molecule has 0 unspecified atom stereocenters. The predicted octanol–water partition coefficient (Wildman–Crippen LogP) is 3.48. The minimum atomic E-state index is -0.745. The average molecular weight is 433 g/mol. The van der Waals surface area contributed by atoms with Crippen molar-refractivity contribution in [2.75, 3.05) is 25.6 Å². The first-order valence-electron chi connectivity index (χ1n) is 8.53. The van der Waals surface area contributed by atoms with Gasteiger partial charge in [-0.1, -0.05) is 41.9 Å². The molecule has 0 aliphatic heterocycles. The van der Waals surface area contributed by atoms with Gasteiger partial charge in [-0.15, -0.1) is 11.3 Å². The zero-order chi connectivity index (χ0) is 20.8. The lowest BCUT2D eigenvalue weighted by molar-refractivity contribution is -0.146. The third kappa shape index (κ3) is 5.04. The minimum absolute atomic E-state index is 0.314. The summed E-state index contributed by atoms with van der Waals surface area (Å²) in [6, 6.07) is 14.2. The highest BCUT2D eigenvalue weighted by Gasteiger charge is 2.18. The van der Waals surface area contributed by atoms with Crippen molar-refractivity contribution < 1.29 is 23.9 Å². The first-order chi connectivity index (χ1) is 14.0. The predicted molar refractivity (Wildman–Crippen MR) is 112 cm³/mol. The molecule has 2 amide bonds. The number of esters is 1. The molecule has 0 atom stereocenters. The molecule has 0 radical (unpaired) electrons. The van der Waals surface area contributed by atoms with Crippen molar-refractivity contribution in [3.05, 3.63) is 58.4 Å². The number of halogens is 1. The molecule has 9 heteroatoms. The summed E-state index contributed by atoms with van der Waals surface area (Å²) in [5.74, 6) is -1.27. The third-order valence-corrected chi connectivity index (χ3v) is 5.55. The molecule has 0 saturated heterocycles. The zero-order valence-electron chi connectivity index (χ0n) is 15.4. The Morgan fingerprint density at radius 3 is 2.55 bits per heavy atom. The Bertz CT molecular complexity index is 1070. The monoisotopic (exact) mass is 432 g/mol. The molecule has 2 N–H and O–H groups in total. The molecule has 0 spiro atoms. The van der Waals surface area contributed by atoms with E-state index in [1.165, 1.54) is 18.4 Å². The van der Waals surface area contributed by atoms with Crippen molar-refractivity contribution in [2.45, 2.75) is 0 Å². The summed E-state index contributed by atoms with van der Waals surface area (Å²) in [5, 5.41) is 6.16. The molecule has 3 rings (SSSR count). The number of anilines is 1. The van der Waals surface area contributed by atoms with Crippen LogP contribution in [0.5, 0.6) is 5.75 Å². The molecule has 29 heavy (non-hydrogen) atoms. The van der Waals surface area contributed by atoms with Crippen LogP contribution in [0, 0.1) is 0 Å².